The molecule has 18 heavy (non-hydrogen) atoms. The molecule has 0 amide bonds. The van der Waals surface area contributed by atoms with E-state index in [-0.39, 0.29) is 0 Å². The molecule has 2 atom stereocenters. The summed E-state index contributed by atoms with van der Waals surface area (Å²) in [4.78, 5) is 6.59. The normalized spacial score (nSPS) is 27.4. The number of pyridine rings is 1. The number of rotatable bonds is 1. The minimum absolute atomic E-state index is 0.643. The Balaban J connectivity index is 1.96. The van der Waals surface area contributed by atoms with Gasteiger partial charge >= 0.3 is 0 Å². The predicted octanol–water partition coefficient (Wildman–Crippen LogP) is 2.31. The molecule has 1 aromatic rings. The van der Waals surface area contributed by atoms with Crippen molar-refractivity contribution < 1.29 is 0 Å². The minimum atomic E-state index is 0.643. The zero-order chi connectivity index (χ0) is 12.5. The van der Waals surface area contributed by atoms with Crippen LogP contribution in [-0.4, -0.2) is 30.0 Å². The van der Waals surface area contributed by atoms with Gasteiger partial charge in [0.1, 0.15) is 0 Å². The Morgan fingerprint density at radius 1 is 1.44 bits per heavy atom. The highest BCUT2D eigenvalue weighted by Gasteiger charge is 2.29. The van der Waals surface area contributed by atoms with Gasteiger partial charge in [-0.15, -0.1) is 0 Å². The fraction of sp³-hybridized carbons (Fsp3) is 0.467. The summed E-state index contributed by atoms with van der Waals surface area (Å²) >= 11 is 0. The van der Waals surface area contributed by atoms with Gasteiger partial charge in [-0.3, -0.25) is 4.98 Å². The molecule has 0 saturated carbocycles. The van der Waals surface area contributed by atoms with Gasteiger partial charge in [0.2, 0.25) is 0 Å². The van der Waals surface area contributed by atoms with E-state index in [0.29, 0.717) is 5.92 Å². The maximum atomic E-state index is 9.18. The van der Waals surface area contributed by atoms with Crippen molar-refractivity contribution in [3.8, 4) is 6.07 Å². The predicted molar refractivity (Wildman–Crippen MR) is 70.6 cm³/mol. The van der Waals surface area contributed by atoms with Crippen LogP contribution >= 0.6 is 0 Å². The molecule has 3 rings (SSSR count). The number of likely N-dealkylation sites (tertiary alicyclic amines) is 1. The van der Waals surface area contributed by atoms with Crippen LogP contribution in [0.3, 0.4) is 0 Å². The number of hydrogen-bond donors (Lipinski definition) is 0. The van der Waals surface area contributed by atoms with E-state index < -0.39 is 0 Å². The number of aromatic nitrogens is 1. The largest absolute Gasteiger partial charge is 0.305 e. The molecule has 0 N–H and O–H groups in total. The van der Waals surface area contributed by atoms with Crippen molar-refractivity contribution in [3.05, 3.63) is 35.7 Å². The summed E-state index contributed by atoms with van der Waals surface area (Å²) in [5.41, 5.74) is 3.12. The third-order valence-electron chi connectivity index (χ3n) is 3.99. The second-order valence-corrected chi connectivity index (χ2v) is 5.51. The Hall–Kier alpha value is -1.66. The molecule has 3 heteroatoms. The third kappa shape index (κ3) is 2.04. The minimum Gasteiger partial charge on any atom is -0.305 e. The molecule has 3 nitrogen and oxygen atoms in total. The average molecular weight is 239 g/mol. The Labute approximate surface area is 108 Å². The van der Waals surface area contributed by atoms with Crippen LogP contribution in [0.2, 0.25) is 0 Å². The monoisotopic (exact) mass is 239 g/mol. The summed E-state index contributed by atoms with van der Waals surface area (Å²) in [5, 5.41) is 9.18. The lowest BCUT2D eigenvalue weighted by Gasteiger charge is -2.38. The summed E-state index contributed by atoms with van der Waals surface area (Å²) in [7, 11) is 2.20. The molecular weight excluding hydrogens is 222 g/mol. The van der Waals surface area contributed by atoms with Crippen LogP contribution in [-0.2, 0) is 0 Å². The summed E-state index contributed by atoms with van der Waals surface area (Å²) < 4.78 is 0. The van der Waals surface area contributed by atoms with Gasteiger partial charge in [-0.05, 0) is 43.4 Å². The van der Waals surface area contributed by atoms with Crippen molar-refractivity contribution in [1.29, 1.82) is 5.26 Å². The molecular formula is C15H17N3. The quantitative estimate of drug-likeness (QED) is 0.755. The standard InChI is InChI=1S/C15H17N3/c1-18-9-11-4-12(10-18)6-14(5-11)15-8-17-3-2-13(15)7-16/h2-3,5,8,11-12H,4,6,9-10H2,1H3/t11-,12+/m1/s1. The van der Waals surface area contributed by atoms with Crippen molar-refractivity contribution >= 4 is 5.57 Å². The zero-order valence-electron chi connectivity index (χ0n) is 10.6. The van der Waals surface area contributed by atoms with Crippen LogP contribution in [0.5, 0.6) is 0 Å². The van der Waals surface area contributed by atoms with E-state index >= 15 is 0 Å². The molecule has 2 bridgehead atoms. The smallest absolute Gasteiger partial charge is 0.0999 e. The Bertz CT molecular complexity index is 527. The number of nitrogens with zero attached hydrogens (tertiary/aromatic N) is 3. The fourth-order valence-electron chi connectivity index (χ4n) is 3.37. The lowest BCUT2D eigenvalue weighted by atomic mass is 9.77. The number of allylic oxidation sites excluding steroid dienone is 1. The highest BCUT2D eigenvalue weighted by Crippen LogP contribution is 2.37. The van der Waals surface area contributed by atoms with Gasteiger partial charge in [0.25, 0.3) is 0 Å². The average Bonchev–Trinajstić information content (AvgIpc) is 2.37. The highest BCUT2D eigenvalue weighted by molar-refractivity contribution is 5.71. The van der Waals surface area contributed by atoms with Gasteiger partial charge in [0.15, 0.2) is 0 Å². The number of fused-ring (bicyclic) bond motifs is 2. The van der Waals surface area contributed by atoms with Crippen molar-refractivity contribution in [2.45, 2.75) is 12.8 Å². The fourth-order valence-corrected chi connectivity index (χ4v) is 3.37. The number of piperidine rings is 1. The Morgan fingerprint density at radius 2 is 2.33 bits per heavy atom. The van der Waals surface area contributed by atoms with Crippen LogP contribution in [0, 0.1) is 23.2 Å². The first-order valence-corrected chi connectivity index (χ1v) is 6.50. The SMILES string of the molecule is CN1C[C@H]2C=C(c3cnccc3C#N)C[C@H](C2)C1. The molecule has 0 unspecified atom stereocenters. The van der Waals surface area contributed by atoms with Gasteiger partial charge < -0.3 is 4.90 Å². The zero-order valence-corrected chi connectivity index (χ0v) is 10.6. The van der Waals surface area contributed by atoms with Gasteiger partial charge in [-0.25, -0.2) is 0 Å². The molecule has 1 fully saturated rings. The van der Waals surface area contributed by atoms with E-state index in [1.807, 2.05) is 12.3 Å². The lowest BCUT2D eigenvalue weighted by molar-refractivity contribution is 0.170. The van der Waals surface area contributed by atoms with E-state index in [1.165, 1.54) is 18.5 Å². The molecule has 0 aromatic carbocycles. The maximum absolute atomic E-state index is 9.18. The van der Waals surface area contributed by atoms with E-state index in [2.05, 4.69) is 29.1 Å². The maximum Gasteiger partial charge on any atom is 0.0999 e. The van der Waals surface area contributed by atoms with Crippen LogP contribution in [0.1, 0.15) is 24.0 Å². The van der Waals surface area contributed by atoms with Crippen molar-refractivity contribution in [2.75, 3.05) is 20.1 Å². The molecule has 1 aromatic heterocycles. The first kappa shape index (κ1) is 11.4. The van der Waals surface area contributed by atoms with Gasteiger partial charge in [-0.1, -0.05) is 6.08 Å². The topological polar surface area (TPSA) is 39.9 Å². The van der Waals surface area contributed by atoms with E-state index in [1.54, 1.807) is 6.20 Å². The second kappa shape index (κ2) is 4.55. The summed E-state index contributed by atoms with van der Waals surface area (Å²) in [6.07, 6.45) is 8.29. The Morgan fingerprint density at radius 3 is 3.11 bits per heavy atom. The van der Waals surface area contributed by atoms with E-state index in [9.17, 15) is 5.26 Å². The van der Waals surface area contributed by atoms with E-state index in [4.69, 9.17) is 0 Å². The third-order valence-corrected chi connectivity index (χ3v) is 3.99. The van der Waals surface area contributed by atoms with Crippen LogP contribution in [0.25, 0.3) is 5.57 Å². The first-order valence-electron chi connectivity index (χ1n) is 6.50. The first-order chi connectivity index (χ1) is 8.76. The van der Waals surface area contributed by atoms with Crippen molar-refractivity contribution in [3.63, 3.8) is 0 Å². The molecule has 0 radical (unpaired) electrons. The molecule has 0 spiro atoms. The molecule has 2 heterocycles. The van der Waals surface area contributed by atoms with Crippen LogP contribution in [0.4, 0.5) is 0 Å². The molecule has 1 aliphatic carbocycles. The molecule has 1 aliphatic heterocycles. The molecule has 1 saturated heterocycles. The van der Waals surface area contributed by atoms with E-state index in [0.717, 1.165) is 30.0 Å². The molecule has 92 valence electrons. The lowest BCUT2D eigenvalue weighted by Crippen LogP contribution is -2.39. The summed E-state index contributed by atoms with van der Waals surface area (Å²) in [5.74, 6) is 1.38. The van der Waals surface area contributed by atoms with Crippen molar-refractivity contribution in [1.82, 2.24) is 9.88 Å². The van der Waals surface area contributed by atoms with Crippen molar-refractivity contribution in [2.24, 2.45) is 11.8 Å². The molecule has 2 aliphatic rings. The highest BCUT2D eigenvalue weighted by atomic mass is 15.1. The Kier molecular flexibility index (Phi) is 2.89. The second-order valence-electron chi connectivity index (χ2n) is 5.51. The van der Waals surface area contributed by atoms with Crippen LogP contribution < -0.4 is 0 Å². The van der Waals surface area contributed by atoms with Gasteiger partial charge in [-0.2, -0.15) is 5.26 Å². The number of nitriles is 1. The summed E-state index contributed by atoms with van der Waals surface area (Å²) in [6.45, 7) is 2.32. The summed E-state index contributed by atoms with van der Waals surface area (Å²) in [6, 6.07) is 4.09. The number of hydrogen-bond acceptors (Lipinski definition) is 3. The van der Waals surface area contributed by atoms with Gasteiger partial charge in [0.05, 0.1) is 11.6 Å². The van der Waals surface area contributed by atoms with Crippen LogP contribution in [0.15, 0.2) is 24.5 Å². The van der Waals surface area contributed by atoms with Gasteiger partial charge in [0, 0.05) is 31.0 Å².